The number of ether oxygens (including phenoxy) is 1. The molecule has 3 heteroatoms. The number of hydrogen-bond donors (Lipinski definition) is 0. The van der Waals surface area contributed by atoms with Crippen molar-refractivity contribution in [3.8, 4) is 0 Å². The third kappa shape index (κ3) is 2.24. The lowest BCUT2D eigenvalue weighted by Gasteiger charge is -1.99. The van der Waals surface area contributed by atoms with Crippen molar-refractivity contribution in [3.05, 3.63) is 65.7 Å². The molecular formula is C15H14O2S. The van der Waals surface area contributed by atoms with Crippen molar-refractivity contribution >= 4 is 10.8 Å². The summed E-state index contributed by atoms with van der Waals surface area (Å²) in [4.78, 5) is 0.837. The largest absolute Gasteiger partial charge is 0.350 e. The van der Waals surface area contributed by atoms with Crippen molar-refractivity contribution in [2.45, 2.75) is 23.4 Å². The standard InChI is InChI=1S/C15H14O2S/c1-11-7-9-13(10-8-11)18(16)15-14(17-15)12-5-3-2-4-6-12/h2-10,14-15H,1H3/t14-,15-,18-/m1/s1. The highest BCUT2D eigenvalue weighted by molar-refractivity contribution is 7.85. The van der Waals surface area contributed by atoms with Crippen LogP contribution in [-0.4, -0.2) is 9.64 Å². The summed E-state index contributed by atoms with van der Waals surface area (Å²) in [7, 11) is -1.09. The van der Waals surface area contributed by atoms with Crippen LogP contribution in [0.15, 0.2) is 59.5 Å². The van der Waals surface area contributed by atoms with Gasteiger partial charge in [-0.15, -0.1) is 0 Å². The second-order valence-electron chi connectivity index (χ2n) is 4.45. The van der Waals surface area contributed by atoms with Crippen LogP contribution in [0, 0.1) is 6.92 Å². The zero-order chi connectivity index (χ0) is 12.5. The first-order valence-corrected chi connectivity index (χ1v) is 7.14. The summed E-state index contributed by atoms with van der Waals surface area (Å²) < 4.78 is 17.8. The number of aryl methyl sites for hydroxylation is 1. The molecule has 0 aliphatic carbocycles. The molecule has 0 radical (unpaired) electrons. The van der Waals surface area contributed by atoms with Gasteiger partial charge in [-0.25, -0.2) is 0 Å². The molecule has 0 aromatic heterocycles. The highest BCUT2D eigenvalue weighted by Gasteiger charge is 2.45. The molecule has 1 aliphatic rings. The Balaban J connectivity index is 1.75. The van der Waals surface area contributed by atoms with Gasteiger partial charge in [0.05, 0.1) is 10.8 Å². The Kier molecular flexibility index (Phi) is 3.02. The molecule has 0 spiro atoms. The van der Waals surface area contributed by atoms with Crippen LogP contribution < -0.4 is 0 Å². The lowest BCUT2D eigenvalue weighted by molar-refractivity contribution is 0.403. The van der Waals surface area contributed by atoms with E-state index < -0.39 is 10.8 Å². The maximum absolute atomic E-state index is 12.3. The summed E-state index contributed by atoms with van der Waals surface area (Å²) in [5, 5.41) is 0. The van der Waals surface area contributed by atoms with Gasteiger partial charge in [0.1, 0.15) is 6.10 Å². The number of benzene rings is 2. The van der Waals surface area contributed by atoms with Crippen molar-refractivity contribution < 1.29 is 8.95 Å². The first-order chi connectivity index (χ1) is 8.75. The lowest BCUT2D eigenvalue weighted by Crippen LogP contribution is -2.00. The zero-order valence-electron chi connectivity index (χ0n) is 10.1. The van der Waals surface area contributed by atoms with Gasteiger partial charge < -0.3 is 4.74 Å². The highest BCUT2D eigenvalue weighted by Crippen LogP contribution is 2.42. The Hall–Kier alpha value is -1.45. The van der Waals surface area contributed by atoms with E-state index in [9.17, 15) is 4.21 Å². The van der Waals surface area contributed by atoms with Gasteiger partial charge >= 0.3 is 0 Å². The summed E-state index contributed by atoms with van der Waals surface area (Å²) in [5.41, 5.74) is 2.07. The minimum Gasteiger partial charge on any atom is -0.350 e. The van der Waals surface area contributed by atoms with E-state index in [1.807, 2.05) is 61.5 Å². The summed E-state index contributed by atoms with van der Waals surface area (Å²) in [5.74, 6) is 0. The van der Waals surface area contributed by atoms with Gasteiger partial charge in [-0.2, -0.15) is 0 Å². The van der Waals surface area contributed by atoms with E-state index in [0.29, 0.717) is 0 Å². The molecule has 2 nitrogen and oxygen atoms in total. The van der Waals surface area contributed by atoms with E-state index in [4.69, 9.17) is 4.74 Å². The third-order valence-electron chi connectivity index (χ3n) is 3.04. The van der Waals surface area contributed by atoms with Crippen molar-refractivity contribution in [1.29, 1.82) is 0 Å². The molecule has 2 aromatic carbocycles. The van der Waals surface area contributed by atoms with E-state index >= 15 is 0 Å². The van der Waals surface area contributed by atoms with Crippen LogP contribution in [0.1, 0.15) is 17.2 Å². The maximum Gasteiger partial charge on any atom is 0.168 e. The number of epoxide rings is 1. The topological polar surface area (TPSA) is 29.6 Å². The zero-order valence-corrected chi connectivity index (χ0v) is 10.9. The minimum absolute atomic E-state index is 0.0201. The van der Waals surface area contributed by atoms with E-state index in [0.717, 1.165) is 10.5 Å². The summed E-state index contributed by atoms with van der Waals surface area (Å²) in [6.07, 6.45) is -0.0201. The van der Waals surface area contributed by atoms with Gasteiger partial charge in [0, 0.05) is 4.90 Å². The molecule has 0 bridgehead atoms. The SMILES string of the molecule is Cc1ccc([S@@](=O)[C@H]2O[C@@H]2c2ccccc2)cc1. The average molecular weight is 258 g/mol. The molecule has 1 saturated heterocycles. The molecule has 1 fully saturated rings. The van der Waals surface area contributed by atoms with Gasteiger partial charge in [0.25, 0.3) is 0 Å². The molecule has 3 atom stereocenters. The van der Waals surface area contributed by atoms with Crippen LogP contribution in [0.5, 0.6) is 0 Å². The maximum atomic E-state index is 12.3. The lowest BCUT2D eigenvalue weighted by atomic mass is 10.2. The summed E-state index contributed by atoms with van der Waals surface area (Å²) >= 11 is 0. The van der Waals surface area contributed by atoms with Crippen LogP contribution in [0.3, 0.4) is 0 Å². The van der Waals surface area contributed by atoms with Crippen LogP contribution >= 0.6 is 0 Å². The Labute approximate surface area is 109 Å². The second kappa shape index (κ2) is 4.67. The van der Waals surface area contributed by atoms with Crippen molar-refractivity contribution in [2.75, 3.05) is 0 Å². The number of hydrogen-bond acceptors (Lipinski definition) is 2. The fraction of sp³-hybridized carbons (Fsp3) is 0.200. The molecule has 0 unspecified atom stereocenters. The number of rotatable bonds is 3. The van der Waals surface area contributed by atoms with E-state index in [1.54, 1.807) is 0 Å². The molecule has 2 aromatic rings. The highest BCUT2D eigenvalue weighted by atomic mass is 32.2. The van der Waals surface area contributed by atoms with Crippen molar-refractivity contribution in [3.63, 3.8) is 0 Å². The Morgan fingerprint density at radius 2 is 1.67 bits per heavy atom. The molecule has 0 amide bonds. The first-order valence-electron chi connectivity index (χ1n) is 5.93. The van der Waals surface area contributed by atoms with Crippen LogP contribution in [0.4, 0.5) is 0 Å². The Bertz CT molecular complexity index is 563. The minimum atomic E-state index is -1.09. The predicted molar refractivity (Wildman–Crippen MR) is 71.6 cm³/mol. The average Bonchev–Trinajstić information content (AvgIpc) is 3.20. The monoisotopic (exact) mass is 258 g/mol. The van der Waals surface area contributed by atoms with Crippen LogP contribution in [0.25, 0.3) is 0 Å². The fourth-order valence-corrected chi connectivity index (χ4v) is 3.22. The molecular weight excluding hydrogens is 244 g/mol. The van der Waals surface area contributed by atoms with Crippen LogP contribution in [0.2, 0.25) is 0 Å². The van der Waals surface area contributed by atoms with Crippen LogP contribution in [-0.2, 0) is 15.5 Å². The van der Waals surface area contributed by atoms with E-state index in [2.05, 4.69) is 0 Å². The predicted octanol–water partition coefficient (Wildman–Crippen LogP) is 3.20. The summed E-state index contributed by atoms with van der Waals surface area (Å²) in [6.45, 7) is 2.02. The Morgan fingerprint density at radius 3 is 2.33 bits per heavy atom. The van der Waals surface area contributed by atoms with Gasteiger partial charge in [-0.3, -0.25) is 4.21 Å². The molecule has 1 heterocycles. The van der Waals surface area contributed by atoms with Crippen molar-refractivity contribution in [2.24, 2.45) is 0 Å². The molecule has 0 saturated carbocycles. The normalized spacial score (nSPS) is 23.6. The molecule has 0 N–H and O–H groups in total. The van der Waals surface area contributed by atoms with Crippen molar-refractivity contribution in [1.82, 2.24) is 0 Å². The molecule has 18 heavy (non-hydrogen) atoms. The van der Waals surface area contributed by atoms with Gasteiger partial charge in [0.2, 0.25) is 0 Å². The Morgan fingerprint density at radius 1 is 1.00 bits per heavy atom. The summed E-state index contributed by atoms with van der Waals surface area (Å²) in [6, 6.07) is 17.7. The first kappa shape index (κ1) is 11.6. The quantitative estimate of drug-likeness (QED) is 0.791. The van der Waals surface area contributed by atoms with Gasteiger partial charge in [0.15, 0.2) is 5.44 Å². The van der Waals surface area contributed by atoms with E-state index in [-0.39, 0.29) is 11.5 Å². The van der Waals surface area contributed by atoms with E-state index in [1.165, 1.54) is 5.56 Å². The molecule has 92 valence electrons. The molecule has 1 aliphatic heterocycles. The second-order valence-corrected chi connectivity index (χ2v) is 5.98. The van der Waals surface area contributed by atoms with Gasteiger partial charge in [-0.1, -0.05) is 48.0 Å². The fourth-order valence-electron chi connectivity index (χ4n) is 1.95. The third-order valence-corrected chi connectivity index (χ3v) is 4.56. The smallest absolute Gasteiger partial charge is 0.168 e. The van der Waals surface area contributed by atoms with Gasteiger partial charge in [-0.05, 0) is 24.6 Å². The molecule has 3 rings (SSSR count).